The highest BCUT2D eigenvalue weighted by atomic mass is 79.9. The fourth-order valence-electron chi connectivity index (χ4n) is 4.21. The number of para-hydroxylation sites is 4. The van der Waals surface area contributed by atoms with Crippen molar-refractivity contribution in [2.75, 3.05) is 13.2 Å². The van der Waals surface area contributed by atoms with Crippen molar-refractivity contribution in [3.05, 3.63) is 108 Å². The average Bonchev–Trinajstić information content (AvgIpc) is 3.79. The highest BCUT2D eigenvalue weighted by molar-refractivity contribution is 9.08. The summed E-state index contributed by atoms with van der Waals surface area (Å²) in [6.45, 7) is 2.07. The van der Waals surface area contributed by atoms with Crippen LogP contribution in [0, 0.1) is 0 Å². The minimum atomic E-state index is 0.0699. The fourth-order valence-corrected chi connectivity index (χ4v) is 4.58. The van der Waals surface area contributed by atoms with Crippen molar-refractivity contribution in [2.45, 2.75) is 24.8 Å². The number of hydrogen-bond acceptors (Lipinski definition) is 4. The number of halogens is 1. The molecular formula is C32H31BrN4O2. The van der Waals surface area contributed by atoms with E-state index in [1.165, 1.54) is 18.4 Å². The van der Waals surface area contributed by atoms with E-state index in [4.69, 9.17) is 9.84 Å². The van der Waals surface area contributed by atoms with Crippen LogP contribution < -0.4 is 0 Å². The van der Waals surface area contributed by atoms with Crippen molar-refractivity contribution in [3.8, 4) is 22.8 Å². The normalized spacial score (nSPS) is 12.6. The van der Waals surface area contributed by atoms with Crippen LogP contribution in [0.5, 0.6) is 0 Å². The Hall–Kier alpha value is -3.78. The molecule has 7 heteroatoms. The van der Waals surface area contributed by atoms with Gasteiger partial charge in [-0.2, -0.15) is 0 Å². The fraction of sp³-hybridized carbons (Fsp3) is 0.188. The highest BCUT2D eigenvalue weighted by Crippen LogP contribution is 2.22. The summed E-state index contributed by atoms with van der Waals surface area (Å²) < 4.78 is 4.94. The van der Waals surface area contributed by atoms with Crippen LogP contribution in [0.4, 0.5) is 0 Å². The van der Waals surface area contributed by atoms with Crippen molar-refractivity contribution in [1.82, 2.24) is 19.9 Å². The molecule has 2 aromatic heterocycles. The standard InChI is InChI=1S/C14H11BrN2.C14H12N2O.C4H8O/c15-9-10-5-7-11(8-6-10)14-16-12-3-1-2-4-13(12)17-14;17-9-10-5-7-11(8-6-10)14-15-12-3-1-2-4-13(12)16-14;1-2-4-5-3-1/h1-8H,9H2,(H,16,17);1-8,17H,9H2,(H,15,16);1-4H2. The number of aromatic nitrogens is 4. The first kappa shape index (κ1) is 26.8. The van der Waals surface area contributed by atoms with Gasteiger partial charge in [0.25, 0.3) is 0 Å². The Labute approximate surface area is 236 Å². The van der Waals surface area contributed by atoms with Gasteiger partial charge in [0.05, 0.1) is 28.7 Å². The van der Waals surface area contributed by atoms with Crippen molar-refractivity contribution in [3.63, 3.8) is 0 Å². The van der Waals surface area contributed by atoms with Gasteiger partial charge >= 0.3 is 0 Å². The number of imidazole rings is 2. The molecule has 0 bridgehead atoms. The molecule has 0 aliphatic carbocycles. The lowest BCUT2D eigenvalue weighted by atomic mass is 10.1. The summed E-state index contributed by atoms with van der Waals surface area (Å²) in [6.07, 6.45) is 2.56. The molecule has 1 aliphatic heterocycles. The van der Waals surface area contributed by atoms with E-state index < -0.39 is 0 Å². The van der Waals surface area contributed by atoms with Gasteiger partial charge in [0.15, 0.2) is 0 Å². The molecule has 3 N–H and O–H groups in total. The molecule has 0 radical (unpaired) electrons. The Kier molecular flexibility index (Phi) is 9.17. The smallest absolute Gasteiger partial charge is 0.138 e. The van der Waals surface area contributed by atoms with Crippen molar-refractivity contribution in [2.24, 2.45) is 0 Å². The Bertz CT molecular complexity index is 1410. The minimum absolute atomic E-state index is 0.0699. The molecule has 1 fully saturated rings. The van der Waals surface area contributed by atoms with Gasteiger partial charge in [0.2, 0.25) is 0 Å². The molecule has 3 heterocycles. The Morgan fingerprint density at radius 2 is 1.10 bits per heavy atom. The number of nitrogens with zero attached hydrogens (tertiary/aromatic N) is 2. The van der Waals surface area contributed by atoms with Crippen LogP contribution in [0.15, 0.2) is 97.1 Å². The van der Waals surface area contributed by atoms with E-state index in [0.29, 0.717) is 0 Å². The molecule has 0 atom stereocenters. The second kappa shape index (κ2) is 13.3. The summed E-state index contributed by atoms with van der Waals surface area (Å²) in [5.41, 5.74) is 8.40. The SMILES string of the molecule is BrCc1ccc(-c2nc3ccccc3[nH]2)cc1.C1CCOC1.OCc1ccc(-c2nc3ccccc3[nH]2)cc1. The molecule has 6 aromatic rings. The molecule has 0 spiro atoms. The third kappa shape index (κ3) is 7.00. The number of fused-ring (bicyclic) bond motifs is 2. The van der Waals surface area contributed by atoms with Gasteiger partial charge in [-0.1, -0.05) is 88.7 Å². The van der Waals surface area contributed by atoms with E-state index in [2.05, 4.69) is 60.1 Å². The maximum Gasteiger partial charge on any atom is 0.138 e. The monoisotopic (exact) mass is 582 g/mol. The number of hydrogen-bond donors (Lipinski definition) is 3. The summed E-state index contributed by atoms with van der Waals surface area (Å²) in [5.74, 6) is 1.78. The third-order valence-electron chi connectivity index (χ3n) is 6.40. The predicted octanol–water partition coefficient (Wildman–Crippen LogP) is 7.64. The van der Waals surface area contributed by atoms with Gasteiger partial charge in [-0.25, -0.2) is 9.97 Å². The lowest BCUT2D eigenvalue weighted by molar-refractivity contribution is 0.198. The number of aliphatic hydroxyl groups is 1. The first-order valence-electron chi connectivity index (χ1n) is 13.1. The van der Waals surface area contributed by atoms with E-state index in [9.17, 15) is 0 Å². The number of rotatable bonds is 4. The maximum absolute atomic E-state index is 8.99. The zero-order chi connectivity index (χ0) is 26.9. The molecule has 7 rings (SSSR count). The van der Waals surface area contributed by atoms with Crippen LogP contribution >= 0.6 is 15.9 Å². The number of nitrogens with one attached hydrogen (secondary N) is 2. The maximum atomic E-state index is 8.99. The van der Waals surface area contributed by atoms with Crippen LogP contribution in [-0.2, 0) is 16.7 Å². The van der Waals surface area contributed by atoms with Gasteiger partial charge in [-0.05, 0) is 48.2 Å². The Balaban J connectivity index is 0.000000134. The lowest BCUT2D eigenvalue weighted by Crippen LogP contribution is -1.84. The summed E-state index contributed by atoms with van der Waals surface area (Å²) in [5, 5.41) is 9.87. The average molecular weight is 584 g/mol. The van der Waals surface area contributed by atoms with Crippen LogP contribution in [0.25, 0.3) is 44.8 Å². The van der Waals surface area contributed by atoms with E-state index in [1.54, 1.807) is 0 Å². The molecule has 39 heavy (non-hydrogen) atoms. The first-order chi connectivity index (χ1) is 19.2. The number of aliphatic hydroxyl groups excluding tert-OH is 1. The summed E-state index contributed by atoms with van der Waals surface area (Å²) in [6, 6.07) is 32.2. The quantitative estimate of drug-likeness (QED) is 0.186. The van der Waals surface area contributed by atoms with Crippen LogP contribution in [0.1, 0.15) is 24.0 Å². The topological polar surface area (TPSA) is 86.8 Å². The molecule has 0 saturated carbocycles. The number of H-pyrrole nitrogens is 2. The van der Waals surface area contributed by atoms with Crippen molar-refractivity contribution >= 4 is 38.0 Å². The molecule has 4 aromatic carbocycles. The van der Waals surface area contributed by atoms with Crippen molar-refractivity contribution < 1.29 is 9.84 Å². The zero-order valence-electron chi connectivity index (χ0n) is 21.6. The van der Waals surface area contributed by atoms with E-state index in [1.807, 2.05) is 72.8 Å². The number of benzene rings is 4. The molecule has 0 unspecified atom stereocenters. The zero-order valence-corrected chi connectivity index (χ0v) is 23.2. The van der Waals surface area contributed by atoms with E-state index >= 15 is 0 Å². The summed E-state index contributed by atoms with van der Waals surface area (Å²) >= 11 is 3.44. The molecule has 1 aliphatic rings. The van der Waals surface area contributed by atoms with Crippen LogP contribution in [0.2, 0.25) is 0 Å². The lowest BCUT2D eigenvalue weighted by Gasteiger charge is -1.98. The number of alkyl halides is 1. The summed E-state index contributed by atoms with van der Waals surface area (Å²) in [7, 11) is 0. The van der Waals surface area contributed by atoms with E-state index in [0.717, 1.165) is 68.9 Å². The molecular weight excluding hydrogens is 552 g/mol. The van der Waals surface area contributed by atoms with Crippen LogP contribution in [-0.4, -0.2) is 38.3 Å². The van der Waals surface area contributed by atoms with Gasteiger partial charge in [0.1, 0.15) is 11.6 Å². The number of aromatic amines is 2. The van der Waals surface area contributed by atoms with Crippen molar-refractivity contribution in [1.29, 1.82) is 0 Å². The van der Waals surface area contributed by atoms with Crippen LogP contribution in [0.3, 0.4) is 0 Å². The Morgan fingerprint density at radius 1 is 0.641 bits per heavy atom. The minimum Gasteiger partial charge on any atom is -0.392 e. The Morgan fingerprint density at radius 3 is 1.49 bits per heavy atom. The van der Waals surface area contributed by atoms with Gasteiger partial charge < -0.3 is 19.8 Å². The predicted molar refractivity (Wildman–Crippen MR) is 162 cm³/mol. The van der Waals surface area contributed by atoms with E-state index in [-0.39, 0.29) is 6.61 Å². The largest absolute Gasteiger partial charge is 0.392 e. The van der Waals surface area contributed by atoms with Gasteiger partial charge in [-0.3, -0.25) is 0 Å². The van der Waals surface area contributed by atoms with Gasteiger partial charge in [0, 0.05) is 29.7 Å². The third-order valence-corrected chi connectivity index (χ3v) is 7.05. The molecule has 198 valence electrons. The first-order valence-corrected chi connectivity index (χ1v) is 14.2. The van der Waals surface area contributed by atoms with Gasteiger partial charge in [-0.15, -0.1) is 0 Å². The highest BCUT2D eigenvalue weighted by Gasteiger charge is 2.05. The second-order valence-corrected chi connectivity index (χ2v) is 9.77. The number of ether oxygens (including phenoxy) is 1. The molecule has 6 nitrogen and oxygen atoms in total. The molecule has 1 saturated heterocycles. The molecule has 0 amide bonds. The second-order valence-electron chi connectivity index (χ2n) is 9.21. The summed E-state index contributed by atoms with van der Waals surface area (Å²) in [4.78, 5) is 15.7.